The molecule has 8 heteroatoms. The van der Waals surface area contributed by atoms with Crippen molar-refractivity contribution in [2.75, 3.05) is 11.9 Å². The molecule has 3 aromatic carbocycles. The lowest BCUT2D eigenvalue weighted by molar-refractivity contribution is -0.128. The van der Waals surface area contributed by atoms with Gasteiger partial charge in [-0.3, -0.25) is 9.59 Å². The molecule has 0 aliphatic carbocycles. The summed E-state index contributed by atoms with van der Waals surface area (Å²) in [4.78, 5) is 31.2. The second kappa shape index (κ2) is 9.50. The zero-order chi connectivity index (χ0) is 24.4. The van der Waals surface area contributed by atoms with Gasteiger partial charge in [-0.05, 0) is 48.9 Å². The lowest BCUT2D eigenvalue weighted by atomic mass is 10.1. The van der Waals surface area contributed by atoms with E-state index < -0.39 is 5.92 Å². The van der Waals surface area contributed by atoms with Gasteiger partial charge in [-0.1, -0.05) is 47.1 Å². The Kier molecular flexibility index (Phi) is 6.10. The summed E-state index contributed by atoms with van der Waals surface area (Å²) in [6.07, 6.45) is 0.148. The topological polar surface area (TPSA) is 88.3 Å². The minimum Gasteiger partial charge on any atom is -0.338 e. The Balaban J connectivity index is 1.20. The maximum absolute atomic E-state index is 13.1. The summed E-state index contributed by atoms with van der Waals surface area (Å²) in [6.45, 7) is 2.69. The van der Waals surface area contributed by atoms with Gasteiger partial charge in [0.1, 0.15) is 5.82 Å². The quantitative estimate of drug-likeness (QED) is 0.436. The van der Waals surface area contributed by atoms with Crippen LogP contribution in [0.3, 0.4) is 0 Å². The Hall–Kier alpha value is -4.33. The van der Waals surface area contributed by atoms with Gasteiger partial charge in [0, 0.05) is 36.3 Å². The summed E-state index contributed by atoms with van der Waals surface area (Å²) < 4.78 is 18.5. The van der Waals surface area contributed by atoms with Crippen molar-refractivity contribution in [2.24, 2.45) is 5.92 Å². The van der Waals surface area contributed by atoms with Crippen LogP contribution >= 0.6 is 0 Å². The highest BCUT2D eigenvalue weighted by atomic mass is 19.1. The molecule has 2 heterocycles. The molecule has 1 aliphatic rings. The van der Waals surface area contributed by atoms with Crippen molar-refractivity contribution in [3.63, 3.8) is 0 Å². The third-order valence-electron chi connectivity index (χ3n) is 6.01. The highest BCUT2D eigenvalue weighted by Gasteiger charge is 2.34. The first-order valence-corrected chi connectivity index (χ1v) is 11.3. The second-order valence-electron chi connectivity index (χ2n) is 8.66. The first-order chi connectivity index (χ1) is 16.9. The zero-order valence-corrected chi connectivity index (χ0v) is 19.1. The van der Waals surface area contributed by atoms with E-state index in [-0.39, 0.29) is 24.1 Å². The van der Waals surface area contributed by atoms with Crippen LogP contribution in [0, 0.1) is 18.7 Å². The Labute approximate surface area is 201 Å². The van der Waals surface area contributed by atoms with Crippen LogP contribution in [0.25, 0.3) is 22.8 Å². The molecular weight excluding hydrogens is 447 g/mol. The van der Waals surface area contributed by atoms with Crippen molar-refractivity contribution in [1.29, 1.82) is 0 Å². The Morgan fingerprint density at radius 3 is 2.43 bits per heavy atom. The van der Waals surface area contributed by atoms with Gasteiger partial charge < -0.3 is 14.7 Å². The summed E-state index contributed by atoms with van der Waals surface area (Å²) in [5, 5.41) is 6.93. The molecule has 5 rings (SSSR count). The van der Waals surface area contributed by atoms with E-state index in [1.54, 1.807) is 41.3 Å². The van der Waals surface area contributed by atoms with E-state index in [1.807, 2.05) is 31.2 Å². The van der Waals surface area contributed by atoms with Gasteiger partial charge in [0.25, 0.3) is 5.89 Å². The number of nitrogens with zero attached hydrogens (tertiary/aromatic N) is 3. The summed E-state index contributed by atoms with van der Waals surface area (Å²) >= 11 is 0. The number of aromatic nitrogens is 2. The molecule has 0 bridgehead atoms. The Morgan fingerprint density at radius 1 is 1.03 bits per heavy atom. The smallest absolute Gasteiger partial charge is 0.258 e. The number of rotatable bonds is 6. The van der Waals surface area contributed by atoms with E-state index in [0.717, 1.165) is 22.3 Å². The number of benzene rings is 3. The number of nitrogens with one attached hydrogen (secondary N) is 1. The fourth-order valence-electron chi connectivity index (χ4n) is 4.01. The highest BCUT2D eigenvalue weighted by molar-refractivity contribution is 5.97. The highest BCUT2D eigenvalue weighted by Crippen LogP contribution is 2.25. The molecule has 7 nitrogen and oxygen atoms in total. The van der Waals surface area contributed by atoms with Crippen LogP contribution in [0.4, 0.5) is 10.1 Å². The number of halogens is 1. The Morgan fingerprint density at radius 2 is 1.71 bits per heavy atom. The SMILES string of the molecule is Cc1ccc(-c2noc(-c3ccc(NC(=O)C4CC(=O)N(Cc5ccc(F)cc5)C4)cc3)n2)cc1. The lowest BCUT2D eigenvalue weighted by Crippen LogP contribution is -2.28. The number of amides is 2. The van der Waals surface area contributed by atoms with Crippen molar-refractivity contribution in [3.8, 4) is 22.8 Å². The van der Waals surface area contributed by atoms with E-state index in [4.69, 9.17) is 4.52 Å². The molecule has 1 saturated heterocycles. The normalized spacial score (nSPS) is 15.4. The first kappa shape index (κ1) is 22.5. The van der Waals surface area contributed by atoms with Gasteiger partial charge in [-0.15, -0.1) is 0 Å². The average molecular weight is 471 g/mol. The number of carbonyl (C=O) groups is 2. The maximum atomic E-state index is 13.1. The van der Waals surface area contributed by atoms with Gasteiger partial charge in [-0.25, -0.2) is 4.39 Å². The van der Waals surface area contributed by atoms with Crippen LogP contribution in [0.2, 0.25) is 0 Å². The monoisotopic (exact) mass is 470 g/mol. The van der Waals surface area contributed by atoms with Gasteiger partial charge >= 0.3 is 0 Å². The number of carbonyl (C=O) groups excluding carboxylic acids is 2. The number of aryl methyl sites for hydroxylation is 1. The average Bonchev–Trinajstić information content (AvgIpc) is 3.49. The van der Waals surface area contributed by atoms with Crippen LogP contribution in [0.1, 0.15) is 17.5 Å². The summed E-state index contributed by atoms with van der Waals surface area (Å²) in [5.74, 6) is -0.186. The number of hydrogen-bond acceptors (Lipinski definition) is 5. The lowest BCUT2D eigenvalue weighted by Gasteiger charge is -2.16. The molecule has 0 radical (unpaired) electrons. The summed E-state index contributed by atoms with van der Waals surface area (Å²) in [5.41, 5.74) is 4.19. The third kappa shape index (κ3) is 5.11. The molecule has 0 saturated carbocycles. The molecule has 4 aromatic rings. The van der Waals surface area contributed by atoms with Crippen molar-refractivity contribution in [1.82, 2.24) is 15.0 Å². The number of hydrogen-bond donors (Lipinski definition) is 1. The number of anilines is 1. The minimum atomic E-state index is -0.448. The van der Waals surface area contributed by atoms with Crippen molar-refractivity contribution >= 4 is 17.5 Å². The molecule has 176 valence electrons. The molecule has 2 amide bonds. The molecular formula is C27H23FN4O3. The van der Waals surface area contributed by atoms with Gasteiger partial charge in [0.15, 0.2) is 0 Å². The zero-order valence-electron chi connectivity index (χ0n) is 19.1. The predicted molar refractivity (Wildman–Crippen MR) is 128 cm³/mol. The van der Waals surface area contributed by atoms with E-state index >= 15 is 0 Å². The fourth-order valence-corrected chi connectivity index (χ4v) is 4.01. The molecule has 1 fully saturated rings. The van der Waals surface area contributed by atoms with E-state index in [0.29, 0.717) is 30.5 Å². The van der Waals surface area contributed by atoms with Crippen LogP contribution in [-0.4, -0.2) is 33.4 Å². The summed E-state index contributed by atoms with van der Waals surface area (Å²) in [7, 11) is 0. The molecule has 1 atom stereocenters. The molecule has 1 unspecified atom stereocenters. The second-order valence-corrected chi connectivity index (χ2v) is 8.66. The molecule has 1 aliphatic heterocycles. The van der Waals surface area contributed by atoms with E-state index in [1.165, 1.54) is 12.1 Å². The fraction of sp³-hybridized carbons (Fsp3) is 0.185. The predicted octanol–water partition coefficient (Wildman–Crippen LogP) is 4.84. The van der Waals surface area contributed by atoms with Crippen LogP contribution in [0.5, 0.6) is 0 Å². The van der Waals surface area contributed by atoms with Crippen molar-refractivity contribution in [3.05, 3.63) is 89.7 Å². The van der Waals surface area contributed by atoms with Gasteiger partial charge in [0.05, 0.1) is 5.92 Å². The van der Waals surface area contributed by atoms with Crippen LogP contribution in [-0.2, 0) is 16.1 Å². The largest absolute Gasteiger partial charge is 0.338 e. The third-order valence-corrected chi connectivity index (χ3v) is 6.01. The Bertz CT molecular complexity index is 1350. The van der Waals surface area contributed by atoms with Crippen LogP contribution < -0.4 is 5.32 Å². The van der Waals surface area contributed by atoms with Gasteiger partial charge in [0.2, 0.25) is 17.6 Å². The first-order valence-electron chi connectivity index (χ1n) is 11.3. The molecule has 1 aromatic heterocycles. The molecule has 35 heavy (non-hydrogen) atoms. The van der Waals surface area contributed by atoms with Crippen LogP contribution in [0.15, 0.2) is 77.3 Å². The molecule has 1 N–H and O–H groups in total. The van der Waals surface area contributed by atoms with Gasteiger partial charge in [-0.2, -0.15) is 4.98 Å². The van der Waals surface area contributed by atoms with E-state index in [2.05, 4.69) is 15.5 Å². The standard InChI is InChI=1S/C27H23FN4O3/c1-17-2-6-19(7-3-17)25-30-27(35-31-25)20-8-12-23(13-9-20)29-26(34)21-14-24(33)32(16-21)15-18-4-10-22(28)11-5-18/h2-13,21H,14-16H2,1H3,(H,29,34). The van der Waals surface area contributed by atoms with Crippen molar-refractivity contribution < 1.29 is 18.5 Å². The maximum Gasteiger partial charge on any atom is 0.258 e. The summed E-state index contributed by atoms with van der Waals surface area (Å²) in [6, 6.07) is 21.0. The van der Waals surface area contributed by atoms with E-state index in [9.17, 15) is 14.0 Å². The number of likely N-dealkylation sites (tertiary alicyclic amines) is 1. The molecule has 0 spiro atoms. The van der Waals surface area contributed by atoms with Crippen molar-refractivity contribution in [2.45, 2.75) is 19.9 Å². The minimum absolute atomic E-state index is 0.0920.